The molecule has 0 aliphatic heterocycles. The summed E-state index contributed by atoms with van der Waals surface area (Å²) < 4.78 is 0. The maximum Gasteiger partial charge on any atom is 0.0714 e. The second-order valence-electron chi connectivity index (χ2n) is 14.2. The molecule has 0 unspecified atom stereocenters. The molecule has 0 heterocycles. The van der Waals surface area contributed by atoms with Crippen LogP contribution in [0.4, 0.5) is 0 Å². The lowest BCUT2D eigenvalue weighted by Gasteiger charge is -2.35. The number of benzene rings is 8. The van der Waals surface area contributed by atoms with Crippen molar-refractivity contribution in [3.05, 3.63) is 259 Å². The second kappa shape index (κ2) is 14.4. The van der Waals surface area contributed by atoms with Crippen LogP contribution in [0.3, 0.4) is 0 Å². The zero-order chi connectivity index (χ0) is 37.2. The van der Waals surface area contributed by atoms with Crippen molar-refractivity contribution in [3.63, 3.8) is 0 Å². The van der Waals surface area contributed by atoms with Gasteiger partial charge in [-0.05, 0) is 125 Å². The first-order valence-electron chi connectivity index (χ1n) is 18.9. The van der Waals surface area contributed by atoms with Crippen molar-refractivity contribution in [1.82, 2.24) is 0 Å². The van der Waals surface area contributed by atoms with Gasteiger partial charge >= 0.3 is 0 Å². The van der Waals surface area contributed by atoms with Gasteiger partial charge in [-0.2, -0.15) is 0 Å². The largest absolute Gasteiger partial charge is 0.0990 e. The highest BCUT2D eigenvalue weighted by atomic mass is 14.5. The molecule has 0 N–H and O–H groups in total. The number of hydrogen-bond donors (Lipinski definition) is 0. The topological polar surface area (TPSA) is 0 Å². The van der Waals surface area contributed by atoms with Gasteiger partial charge in [-0.1, -0.05) is 195 Å². The van der Waals surface area contributed by atoms with Gasteiger partial charge in [-0.25, -0.2) is 0 Å². The molecule has 1 aliphatic carbocycles. The van der Waals surface area contributed by atoms with E-state index >= 15 is 0 Å². The van der Waals surface area contributed by atoms with Crippen LogP contribution in [0.2, 0.25) is 0 Å². The molecule has 8 aromatic rings. The molecule has 0 bridgehead atoms. The third-order valence-electron chi connectivity index (χ3n) is 11.1. The molecular weight excluding hydrogens is 661 g/mol. The van der Waals surface area contributed by atoms with Gasteiger partial charge in [0, 0.05) is 0 Å². The minimum absolute atomic E-state index is 0.591. The Hall–Kier alpha value is -7.02. The maximum atomic E-state index is 4.07. The summed E-state index contributed by atoms with van der Waals surface area (Å²) in [6, 6.07) is 73.6. The summed E-state index contributed by atoms with van der Waals surface area (Å²) in [6.45, 7) is 8.00. The molecule has 0 saturated heterocycles. The first-order chi connectivity index (χ1) is 27.2. The van der Waals surface area contributed by atoms with E-state index in [0.29, 0.717) is 0 Å². The van der Waals surface area contributed by atoms with Crippen LogP contribution in [0.25, 0.3) is 61.2 Å². The van der Waals surface area contributed by atoms with Gasteiger partial charge in [-0.3, -0.25) is 0 Å². The van der Waals surface area contributed by atoms with E-state index in [9.17, 15) is 0 Å². The van der Waals surface area contributed by atoms with E-state index in [-0.39, 0.29) is 0 Å². The van der Waals surface area contributed by atoms with E-state index in [0.717, 1.165) is 22.3 Å². The first-order valence-corrected chi connectivity index (χ1v) is 18.9. The lowest BCUT2D eigenvalue weighted by molar-refractivity contribution is 0.769. The Bertz CT molecular complexity index is 2680. The van der Waals surface area contributed by atoms with Gasteiger partial charge in [0.15, 0.2) is 0 Å². The van der Waals surface area contributed by atoms with Gasteiger partial charge in [-0.15, -0.1) is 0 Å². The molecule has 0 atom stereocenters. The summed E-state index contributed by atoms with van der Waals surface area (Å²) in [6.07, 6.45) is 5.72. The Kier molecular flexibility index (Phi) is 8.86. The number of fused-ring (bicyclic) bond motifs is 3. The lowest BCUT2D eigenvalue weighted by atomic mass is 9.66. The highest BCUT2D eigenvalue weighted by molar-refractivity contribution is 5.89. The van der Waals surface area contributed by atoms with Crippen LogP contribution in [0, 0.1) is 0 Å². The fourth-order valence-corrected chi connectivity index (χ4v) is 8.56. The molecule has 1 aliphatic rings. The Labute approximate surface area is 324 Å². The zero-order valence-electron chi connectivity index (χ0n) is 30.7. The predicted molar refractivity (Wildman–Crippen MR) is 234 cm³/mol. The molecule has 0 aromatic heterocycles. The summed E-state index contributed by atoms with van der Waals surface area (Å²) >= 11 is 0. The van der Waals surface area contributed by atoms with Crippen molar-refractivity contribution in [2.75, 3.05) is 0 Å². The normalized spacial score (nSPS) is 12.8. The first kappa shape index (κ1) is 33.8. The molecule has 0 heteroatoms. The van der Waals surface area contributed by atoms with Gasteiger partial charge in [0.25, 0.3) is 0 Å². The summed E-state index contributed by atoms with van der Waals surface area (Å²) in [7, 11) is 0. The van der Waals surface area contributed by atoms with Crippen LogP contribution in [0.1, 0.15) is 27.8 Å². The smallest absolute Gasteiger partial charge is 0.0714 e. The summed E-state index contributed by atoms with van der Waals surface area (Å²) in [4.78, 5) is 0. The standard InChI is InChI=1S/C55H40/c1-3-18-39(4-2)42-23-15-25-44(33-42)46-27-17-28-49(36-46)55(53-31-13-11-29-51(53)52-30-12-14-32-54(52)55)50-37-47(41-21-9-6-10-22-41)35-48(38-50)45-26-16-24-43(34-45)40-19-7-5-8-20-40/h3-38H,1-2H2/b39-18+. The highest BCUT2D eigenvalue weighted by Gasteiger charge is 2.46. The van der Waals surface area contributed by atoms with Gasteiger partial charge < -0.3 is 0 Å². The van der Waals surface area contributed by atoms with Crippen molar-refractivity contribution in [1.29, 1.82) is 0 Å². The van der Waals surface area contributed by atoms with Crippen molar-refractivity contribution < 1.29 is 0 Å². The van der Waals surface area contributed by atoms with E-state index < -0.39 is 5.41 Å². The molecule has 0 spiro atoms. The minimum atomic E-state index is -0.591. The molecule has 260 valence electrons. The Morgan fingerprint density at radius 2 is 0.800 bits per heavy atom. The summed E-state index contributed by atoms with van der Waals surface area (Å²) in [5, 5.41) is 0. The second-order valence-corrected chi connectivity index (χ2v) is 14.2. The van der Waals surface area contributed by atoms with Crippen LogP contribution >= 0.6 is 0 Å². The molecule has 0 radical (unpaired) electrons. The van der Waals surface area contributed by atoms with Crippen molar-refractivity contribution in [2.24, 2.45) is 0 Å². The van der Waals surface area contributed by atoms with Crippen molar-refractivity contribution in [2.45, 2.75) is 5.41 Å². The monoisotopic (exact) mass is 700 g/mol. The molecule has 9 rings (SSSR count). The van der Waals surface area contributed by atoms with E-state index in [1.54, 1.807) is 0 Å². The van der Waals surface area contributed by atoms with Crippen LogP contribution in [-0.4, -0.2) is 0 Å². The molecule has 8 aromatic carbocycles. The quantitative estimate of drug-likeness (QED) is 0.132. The van der Waals surface area contributed by atoms with E-state index in [1.807, 2.05) is 18.2 Å². The third-order valence-corrected chi connectivity index (χ3v) is 11.1. The fourth-order valence-electron chi connectivity index (χ4n) is 8.56. The molecule has 0 saturated carbocycles. The Morgan fingerprint density at radius 1 is 0.364 bits per heavy atom. The van der Waals surface area contributed by atoms with Crippen LogP contribution in [0.15, 0.2) is 232 Å². The third kappa shape index (κ3) is 5.99. The molecule has 0 nitrogen and oxygen atoms in total. The molecular formula is C55H40. The van der Waals surface area contributed by atoms with E-state index in [4.69, 9.17) is 0 Å². The lowest BCUT2D eigenvalue weighted by Crippen LogP contribution is -2.28. The maximum absolute atomic E-state index is 4.07. The number of hydrogen-bond acceptors (Lipinski definition) is 0. The van der Waals surface area contributed by atoms with Crippen LogP contribution in [0.5, 0.6) is 0 Å². The van der Waals surface area contributed by atoms with Crippen LogP contribution < -0.4 is 0 Å². The van der Waals surface area contributed by atoms with Crippen LogP contribution in [-0.2, 0) is 5.41 Å². The Balaban J connectivity index is 1.33. The average Bonchev–Trinajstić information content (AvgIpc) is 3.57. The number of allylic oxidation sites excluding steroid dienone is 4. The van der Waals surface area contributed by atoms with Gasteiger partial charge in [0.2, 0.25) is 0 Å². The number of rotatable bonds is 9. The van der Waals surface area contributed by atoms with E-state index in [2.05, 4.69) is 213 Å². The molecule has 0 fully saturated rings. The average molecular weight is 701 g/mol. The molecule has 0 amide bonds. The molecule has 55 heavy (non-hydrogen) atoms. The minimum Gasteiger partial charge on any atom is -0.0990 e. The highest BCUT2D eigenvalue weighted by Crippen LogP contribution is 2.57. The predicted octanol–water partition coefficient (Wildman–Crippen LogP) is 14.5. The fraction of sp³-hybridized carbons (Fsp3) is 0.0182. The summed E-state index contributed by atoms with van der Waals surface area (Å²) in [5.74, 6) is 0. The van der Waals surface area contributed by atoms with Gasteiger partial charge in [0.1, 0.15) is 0 Å². The summed E-state index contributed by atoms with van der Waals surface area (Å²) in [5.41, 5.74) is 18.6. The Morgan fingerprint density at radius 3 is 1.42 bits per heavy atom. The van der Waals surface area contributed by atoms with Gasteiger partial charge in [0.05, 0.1) is 5.41 Å². The SMILES string of the molecule is C=C/C=C(\C=C)c1cccc(-c2cccc(C3(c4cc(-c5ccccc5)cc(-c5cccc(-c6ccccc6)c5)c4)c4ccccc4-c4ccccc43)c2)c1. The van der Waals surface area contributed by atoms with Crippen molar-refractivity contribution >= 4 is 5.57 Å². The van der Waals surface area contributed by atoms with Crippen molar-refractivity contribution in [3.8, 4) is 55.6 Å². The zero-order valence-corrected chi connectivity index (χ0v) is 30.7. The van der Waals surface area contributed by atoms with E-state index in [1.165, 1.54) is 66.8 Å².